The lowest BCUT2D eigenvalue weighted by molar-refractivity contribution is 0.152. The van der Waals surface area contributed by atoms with Crippen molar-refractivity contribution in [2.45, 2.75) is 39.8 Å². The van der Waals surface area contributed by atoms with E-state index in [4.69, 9.17) is 4.98 Å². The lowest BCUT2D eigenvalue weighted by Crippen LogP contribution is -2.36. The van der Waals surface area contributed by atoms with Gasteiger partial charge in [0.1, 0.15) is 16.7 Å². The number of hydrogen-bond donors (Lipinski definition) is 0. The Morgan fingerprint density at radius 1 is 1.21 bits per heavy atom. The number of benzene rings is 1. The Morgan fingerprint density at radius 2 is 2.08 bits per heavy atom. The molecule has 0 aliphatic carbocycles. The summed E-state index contributed by atoms with van der Waals surface area (Å²) in [5, 5.41) is 5.75. The molecule has 1 atom stereocenters. The van der Waals surface area contributed by atoms with Crippen LogP contribution in [-0.2, 0) is 13.1 Å². The summed E-state index contributed by atoms with van der Waals surface area (Å²) >= 11 is 1.82. The molecule has 0 spiro atoms. The van der Waals surface area contributed by atoms with Gasteiger partial charge >= 0.3 is 0 Å². The number of thiazole rings is 1. The molecule has 5 nitrogen and oxygen atoms in total. The topological polar surface area (TPSA) is 46.8 Å². The molecule has 4 rings (SSSR count). The van der Waals surface area contributed by atoms with E-state index in [9.17, 15) is 0 Å². The van der Waals surface area contributed by atoms with Crippen molar-refractivity contribution >= 4 is 21.6 Å². The van der Waals surface area contributed by atoms with E-state index in [0.29, 0.717) is 5.92 Å². The fourth-order valence-corrected chi connectivity index (χ4v) is 4.61. The van der Waals surface area contributed by atoms with Crippen LogP contribution in [0.3, 0.4) is 0 Å². The van der Waals surface area contributed by atoms with Crippen molar-refractivity contribution in [3.05, 3.63) is 40.9 Å². The van der Waals surface area contributed by atoms with Gasteiger partial charge in [-0.3, -0.25) is 4.90 Å². The van der Waals surface area contributed by atoms with Crippen LogP contribution < -0.4 is 0 Å². The highest BCUT2D eigenvalue weighted by Gasteiger charge is 2.22. The van der Waals surface area contributed by atoms with Crippen LogP contribution in [0.2, 0.25) is 0 Å². The van der Waals surface area contributed by atoms with Gasteiger partial charge < -0.3 is 0 Å². The van der Waals surface area contributed by atoms with Crippen molar-refractivity contribution in [3.63, 3.8) is 0 Å². The third kappa shape index (κ3) is 3.35. The smallest absolute Gasteiger partial charge is 0.147 e. The Hall–Kier alpha value is -1.79. The van der Waals surface area contributed by atoms with Gasteiger partial charge in [0, 0.05) is 13.1 Å². The van der Waals surface area contributed by atoms with Crippen molar-refractivity contribution in [3.8, 4) is 0 Å². The van der Waals surface area contributed by atoms with Crippen LogP contribution in [0, 0.1) is 19.8 Å². The van der Waals surface area contributed by atoms with Gasteiger partial charge in [0.15, 0.2) is 0 Å². The number of fused-ring (bicyclic) bond motifs is 1. The van der Waals surface area contributed by atoms with E-state index in [1.165, 1.54) is 29.1 Å². The van der Waals surface area contributed by atoms with Gasteiger partial charge in [0.05, 0.1) is 16.8 Å². The quantitative estimate of drug-likeness (QED) is 0.729. The molecular weight excluding hydrogens is 318 g/mol. The second-order valence-corrected chi connectivity index (χ2v) is 7.82. The first-order chi connectivity index (χ1) is 11.7. The molecule has 6 heteroatoms. The van der Waals surface area contributed by atoms with Crippen molar-refractivity contribution in [1.82, 2.24) is 24.6 Å². The third-order valence-corrected chi connectivity index (χ3v) is 5.72. The summed E-state index contributed by atoms with van der Waals surface area (Å²) in [4.78, 5) is 11.7. The minimum Gasteiger partial charge on any atom is -0.296 e. The van der Waals surface area contributed by atoms with Crippen LogP contribution in [-0.4, -0.2) is 37.7 Å². The molecule has 1 aromatic carbocycles. The molecule has 1 saturated heterocycles. The Kier molecular flexibility index (Phi) is 4.33. The lowest BCUT2D eigenvalue weighted by atomic mass is 9.98. The Morgan fingerprint density at radius 3 is 2.88 bits per heavy atom. The molecule has 0 N–H and O–H groups in total. The molecule has 24 heavy (non-hydrogen) atoms. The van der Waals surface area contributed by atoms with Gasteiger partial charge in [-0.1, -0.05) is 12.1 Å². The summed E-state index contributed by atoms with van der Waals surface area (Å²) in [6.45, 7) is 8.23. The van der Waals surface area contributed by atoms with E-state index in [1.807, 2.05) is 25.2 Å². The second-order valence-electron chi connectivity index (χ2n) is 6.71. The summed E-state index contributed by atoms with van der Waals surface area (Å²) in [5.74, 6) is 2.54. The number of nitrogens with zero attached hydrogens (tertiary/aromatic N) is 5. The van der Waals surface area contributed by atoms with E-state index < -0.39 is 0 Å². The first-order valence-corrected chi connectivity index (χ1v) is 9.44. The fraction of sp³-hybridized carbons (Fsp3) is 0.500. The highest BCUT2D eigenvalue weighted by atomic mass is 32.1. The van der Waals surface area contributed by atoms with Crippen molar-refractivity contribution in [1.29, 1.82) is 0 Å². The van der Waals surface area contributed by atoms with E-state index >= 15 is 0 Å². The van der Waals surface area contributed by atoms with Crippen LogP contribution >= 0.6 is 11.3 Å². The van der Waals surface area contributed by atoms with Crippen LogP contribution in [0.25, 0.3) is 10.2 Å². The van der Waals surface area contributed by atoms with Gasteiger partial charge in [0.25, 0.3) is 0 Å². The van der Waals surface area contributed by atoms with Gasteiger partial charge in [-0.2, -0.15) is 5.10 Å². The van der Waals surface area contributed by atoms with E-state index in [2.05, 4.69) is 43.9 Å². The first kappa shape index (κ1) is 15.7. The predicted octanol–water partition coefficient (Wildman–Crippen LogP) is 3.42. The molecule has 0 radical (unpaired) electrons. The predicted molar refractivity (Wildman–Crippen MR) is 97.1 cm³/mol. The number of piperidine rings is 1. The molecule has 0 bridgehead atoms. The Balaban J connectivity index is 1.42. The molecule has 126 valence electrons. The van der Waals surface area contributed by atoms with E-state index in [1.54, 1.807) is 0 Å². The third-order valence-electron chi connectivity index (χ3n) is 4.69. The average molecular weight is 341 g/mol. The van der Waals surface area contributed by atoms with Crippen LogP contribution in [0.1, 0.15) is 29.5 Å². The molecule has 2 aromatic heterocycles. The van der Waals surface area contributed by atoms with Gasteiger partial charge in [-0.15, -0.1) is 11.3 Å². The number of rotatable bonds is 4. The highest BCUT2D eigenvalue weighted by Crippen LogP contribution is 2.25. The standard InChI is InChI=1S/C18H23N5S/c1-13-19-14(2)23(21-13)11-15-6-5-9-22(10-15)12-18-20-16-7-3-4-8-17(16)24-18/h3-4,7-8,15H,5-6,9-12H2,1-2H3/t15-/m1/s1. The maximum atomic E-state index is 4.78. The van der Waals surface area contributed by atoms with Crippen LogP contribution in [0.5, 0.6) is 0 Å². The zero-order valence-corrected chi connectivity index (χ0v) is 15.1. The zero-order chi connectivity index (χ0) is 16.5. The first-order valence-electron chi connectivity index (χ1n) is 8.62. The maximum Gasteiger partial charge on any atom is 0.147 e. The van der Waals surface area contributed by atoms with E-state index in [-0.39, 0.29) is 0 Å². The lowest BCUT2D eigenvalue weighted by Gasteiger charge is -2.32. The summed E-state index contributed by atoms with van der Waals surface area (Å²) < 4.78 is 3.36. The van der Waals surface area contributed by atoms with Crippen molar-refractivity contribution in [2.75, 3.05) is 13.1 Å². The largest absolute Gasteiger partial charge is 0.296 e. The second kappa shape index (κ2) is 6.61. The summed E-state index contributed by atoms with van der Waals surface area (Å²) in [5.41, 5.74) is 1.12. The van der Waals surface area contributed by atoms with Crippen LogP contribution in [0.4, 0.5) is 0 Å². The minimum absolute atomic E-state index is 0.646. The summed E-state index contributed by atoms with van der Waals surface area (Å²) in [6.07, 6.45) is 2.52. The molecule has 0 unspecified atom stereocenters. The maximum absolute atomic E-state index is 4.78. The fourth-order valence-electron chi connectivity index (χ4n) is 3.60. The molecule has 3 aromatic rings. The van der Waals surface area contributed by atoms with Crippen molar-refractivity contribution < 1.29 is 0 Å². The summed E-state index contributed by atoms with van der Waals surface area (Å²) in [6, 6.07) is 8.41. The number of aryl methyl sites for hydroxylation is 2. The Bertz CT molecular complexity index is 804. The monoisotopic (exact) mass is 341 g/mol. The minimum atomic E-state index is 0.646. The molecule has 1 aliphatic rings. The number of hydrogen-bond acceptors (Lipinski definition) is 5. The number of likely N-dealkylation sites (tertiary alicyclic amines) is 1. The molecule has 0 amide bonds. The van der Waals surface area contributed by atoms with Gasteiger partial charge in [0.2, 0.25) is 0 Å². The molecule has 3 heterocycles. The van der Waals surface area contributed by atoms with Crippen molar-refractivity contribution in [2.24, 2.45) is 5.92 Å². The molecule has 0 saturated carbocycles. The molecule has 1 fully saturated rings. The van der Waals surface area contributed by atoms with Gasteiger partial charge in [-0.05, 0) is 51.3 Å². The summed E-state index contributed by atoms with van der Waals surface area (Å²) in [7, 11) is 0. The highest BCUT2D eigenvalue weighted by molar-refractivity contribution is 7.18. The number of para-hydroxylation sites is 1. The molecular formula is C18H23N5S. The SMILES string of the molecule is Cc1nc(C)n(C[C@@H]2CCCN(Cc3nc4ccccc4s3)C2)n1. The Labute approximate surface area is 146 Å². The zero-order valence-electron chi connectivity index (χ0n) is 14.3. The normalized spacial score (nSPS) is 19.2. The van der Waals surface area contributed by atoms with E-state index in [0.717, 1.165) is 36.8 Å². The number of aromatic nitrogens is 4. The van der Waals surface area contributed by atoms with Crippen LogP contribution in [0.15, 0.2) is 24.3 Å². The van der Waals surface area contributed by atoms with Gasteiger partial charge in [-0.25, -0.2) is 14.6 Å². The average Bonchev–Trinajstić information content (AvgIpc) is 3.10. The molecule has 1 aliphatic heterocycles.